The van der Waals surface area contributed by atoms with E-state index in [1.54, 1.807) is 0 Å². The summed E-state index contributed by atoms with van der Waals surface area (Å²) >= 11 is 0. The summed E-state index contributed by atoms with van der Waals surface area (Å²) in [5.74, 6) is 0.263. The molecule has 0 aliphatic carbocycles. The van der Waals surface area contributed by atoms with Gasteiger partial charge in [0, 0.05) is 31.6 Å². The van der Waals surface area contributed by atoms with Gasteiger partial charge < -0.3 is 9.80 Å². The molecule has 2 heterocycles. The predicted molar refractivity (Wildman–Crippen MR) is 77.2 cm³/mol. The Balaban J connectivity index is 2.21. The van der Waals surface area contributed by atoms with E-state index in [2.05, 4.69) is 50.1 Å². The number of amides is 1. The van der Waals surface area contributed by atoms with Crippen LogP contribution in [0, 0.1) is 0 Å². The average Bonchev–Trinajstić information content (AvgIpc) is 2.56. The zero-order valence-electron chi connectivity index (χ0n) is 12.2. The number of nitrogens with zero attached hydrogens (tertiary/aromatic N) is 2. The van der Waals surface area contributed by atoms with Crippen molar-refractivity contribution in [2.45, 2.75) is 44.2 Å². The topological polar surface area (TPSA) is 23.6 Å². The maximum atomic E-state index is 12.2. The Kier molecular flexibility index (Phi) is 2.47. The van der Waals surface area contributed by atoms with Crippen molar-refractivity contribution in [3.8, 4) is 0 Å². The Hall–Kier alpha value is -1.51. The molecule has 0 aromatic heterocycles. The Morgan fingerprint density at radius 2 is 1.79 bits per heavy atom. The second-order valence-electron chi connectivity index (χ2n) is 6.32. The smallest absolute Gasteiger partial charge is 0.224 e. The number of benzene rings is 1. The van der Waals surface area contributed by atoms with E-state index < -0.39 is 0 Å². The van der Waals surface area contributed by atoms with Crippen LogP contribution in [0.25, 0.3) is 0 Å². The molecule has 0 N–H and O–H groups in total. The van der Waals surface area contributed by atoms with Crippen molar-refractivity contribution in [1.29, 1.82) is 0 Å². The van der Waals surface area contributed by atoms with Gasteiger partial charge in [-0.2, -0.15) is 0 Å². The van der Waals surface area contributed by atoms with E-state index in [9.17, 15) is 4.79 Å². The number of hydrogen-bond acceptors (Lipinski definition) is 2. The molecule has 19 heavy (non-hydrogen) atoms. The van der Waals surface area contributed by atoms with Gasteiger partial charge in [-0.3, -0.25) is 4.79 Å². The molecule has 2 aliphatic heterocycles. The molecule has 0 radical (unpaired) electrons. The molecule has 1 atom stereocenters. The lowest BCUT2D eigenvalue weighted by molar-refractivity contribution is -0.142. The van der Waals surface area contributed by atoms with E-state index in [1.165, 1.54) is 11.3 Å². The third-order valence-electron chi connectivity index (χ3n) is 5.34. The zero-order chi connectivity index (χ0) is 13.8. The molecule has 0 unspecified atom stereocenters. The molecule has 1 saturated heterocycles. The van der Waals surface area contributed by atoms with Gasteiger partial charge in [0.2, 0.25) is 5.91 Å². The monoisotopic (exact) mass is 258 g/mol. The summed E-state index contributed by atoms with van der Waals surface area (Å²) in [5, 5.41) is 0. The summed E-state index contributed by atoms with van der Waals surface area (Å²) in [6.45, 7) is 4.54. The minimum Gasteiger partial charge on any atom is -0.351 e. The highest BCUT2D eigenvalue weighted by molar-refractivity contribution is 5.80. The SMILES string of the molecule is CN1C(=O)CCC[C@@]12N(C)c1ccccc1C2(C)C. The van der Waals surface area contributed by atoms with Crippen molar-refractivity contribution in [2.75, 3.05) is 19.0 Å². The summed E-state index contributed by atoms with van der Waals surface area (Å²) in [4.78, 5) is 16.5. The first-order valence-corrected chi connectivity index (χ1v) is 7.03. The second-order valence-corrected chi connectivity index (χ2v) is 6.32. The summed E-state index contributed by atoms with van der Waals surface area (Å²) in [5.41, 5.74) is 2.34. The van der Waals surface area contributed by atoms with Crippen LogP contribution in [-0.2, 0) is 10.2 Å². The molecular formula is C16H22N2O. The Morgan fingerprint density at radius 1 is 1.11 bits per heavy atom. The summed E-state index contributed by atoms with van der Waals surface area (Å²) in [6, 6.07) is 8.54. The van der Waals surface area contributed by atoms with Crippen molar-refractivity contribution >= 4 is 11.6 Å². The number of rotatable bonds is 0. The first-order chi connectivity index (χ1) is 8.93. The van der Waals surface area contributed by atoms with E-state index in [0.29, 0.717) is 6.42 Å². The van der Waals surface area contributed by atoms with Crippen LogP contribution in [0.4, 0.5) is 5.69 Å². The molecule has 1 aromatic carbocycles. The lowest BCUT2D eigenvalue weighted by Gasteiger charge is -2.54. The Morgan fingerprint density at radius 3 is 2.47 bits per heavy atom. The number of piperidine rings is 1. The molecule has 1 aromatic rings. The third kappa shape index (κ3) is 1.31. The van der Waals surface area contributed by atoms with Gasteiger partial charge in [0.05, 0.1) is 0 Å². The van der Waals surface area contributed by atoms with Crippen molar-refractivity contribution in [3.63, 3.8) is 0 Å². The Bertz CT molecular complexity index is 537. The molecule has 1 fully saturated rings. The van der Waals surface area contributed by atoms with Crippen molar-refractivity contribution in [2.24, 2.45) is 0 Å². The van der Waals surface area contributed by atoms with E-state index in [0.717, 1.165) is 12.8 Å². The van der Waals surface area contributed by atoms with Crippen LogP contribution < -0.4 is 4.90 Å². The molecule has 0 bridgehead atoms. The number of carbonyl (C=O) groups excluding carboxylic acids is 1. The lowest BCUT2D eigenvalue weighted by atomic mass is 9.71. The number of carbonyl (C=O) groups is 1. The van der Waals surface area contributed by atoms with E-state index >= 15 is 0 Å². The van der Waals surface area contributed by atoms with E-state index in [1.807, 2.05) is 11.9 Å². The van der Waals surface area contributed by atoms with Gasteiger partial charge in [-0.05, 0) is 24.5 Å². The van der Waals surface area contributed by atoms with Crippen LogP contribution in [-0.4, -0.2) is 30.6 Å². The largest absolute Gasteiger partial charge is 0.351 e. The van der Waals surface area contributed by atoms with Crippen LogP contribution in [0.5, 0.6) is 0 Å². The lowest BCUT2D eigenvalue weighted by Crippen LogP contribution is -2.67. The van der Waals surface area contributed by atoms with Crippen molar-refractivity contribution < 1.29 is 4.79 Å². The highest BCUT2D eigenvalue weighted by Crippen LogP contribution is 2.55. The van der Waals surface area contributed by atoms with Crippen molar-refractivity contribution in [3.05, 3.63) is 29.8 Å². The van der Waals surface area contributed by atoms with E-state index in [-0.39, 0.29) is 17.0 Å². The number of likely N-dealkylation sites (tertiary alicyclic amines) is 1. The maximum absolute atomic E-state index is 12.2. The molecule has 1 spiro atoms. The fourth-order valence-electron chi connectivity index (χ4n) is 4.28. The second kappa shape index (κ2) is 3.75. The van der Waals surface area contributed by atoms with Crippen molar-refractivity contribution in [1.82, 2.24) is 4.90 Å². The fourth-order valence-corrected chi connectivity index (χ4v) is 4.28. The number of hydrogen-bond donors (Lipinski definition) is 0. The minimum absolute atomic E-state index is 0.0524. The summed E-state index contributed by atoms with van der Waals surface area (Å²) in [6.07, 6.45) is 2.69. The molecule has 2 aliphatic rings. The summed E-state index contributed by atoms with van der Waals surface area (Å²) < 4.78 is 0. The average molecular weight is 258 g/mol. The molecule has 3 heteroatoms. The molecule has 102 valence electrons. The predicted octanol–water partition coefficient (Wildman–Crippen LogP) is 2.75. The van der Waals surface area contributed by atoms with Gasteiger partial charge in [0.15, 0.2) is 0 Å². The molecule has 0 saturated carbocycles. The molecule has 3 nitrogen and oxygen atoms in total. The van der Waals surface area contributed by atoms with Crippen LogP contribution in [0.15, 0.2) is 24.3 Å². The third-order valence-corrected chi connectivity index (χ3v) is 5.34. The van der Waals surface area contributed by atoms with Crippen LogP contribution in [0.1, 0.15) is 38.7 Å². The van der Waals surface area contributed by atoms with Crippen LogP contribution >= 0.6 is 0 Å². The maximum Gasteiger partial charge on any atom is 0.224 e. The van der Waals surface area contributed by atoms with Gasteiger partial charge in [-0.1, -0.05) is 32.0 Å². The quantitative estimate of drug-likeness (QED) is 0.714. The first-order valence-electron chi connectivity index (χ1n) is 7.03. The van der Waals surface area contributed by atoms with Gasteiger partial charge in [-0.25, -0.2) is 0 Å². The fraction of sp³-hybridized carbons (Fsp3) is 0.562. The standard InChI is InChI=1S/C16H22N2O/c1-15(2)12-8-5-6-9-13(12)17(3)16(15)11-7-10-14(19)18(16)4/h5-6,8-9H,7,10-11H2,1-4H3/t16-/m1/s1. The molecule has 1 amide bonds. The van der Waals surface area contributed by atoms with E-state index in [4.69, 9.17) is 0 Å². The number of anilines is 1. The van der Waals surface area contributed by atoms with Gasteiger partial charge in [0.1, 0.15) is 5.66 Å². The van der Waals surface area contributed by atoms with Crippen LogP contribution in [0.3, 0.4) is 0 Å². The molecule has 3 rings (SSSR count). The van der Waals surface area contributed by atoms with Crippen LogP contribution in [0.2, 0.25) is 0 Å². The highest BCUT2D eigenvalue weighted by Gasteiger charge is 2.59. The molecular weight excluding hydrogens is 236 g/mol. The van der Waals surface area contributed by atoms with Gasteiger partial charge >= 0.3 is 0 Å². The first kappa shape index (κ1) is 12.5. The minimum atomic E-state index is -0.216. The van der Waals surface area contributed by atoms with Gasteiger partial charge in [-0.15, -0.1) is 0 Å². The summed E-state index contributed by atoms with van der Waals surface area (Å²) in [7, 11) is 4.09. The van der Waals surface area contributed by atoms with Gasteiger partial charge in [0.25, 0.3) is 0 Å². The number of fused-ring (bicyclic) bond motifs is 1. The number of likely N-dealkylation sites (N-methyl/N-ethyl adjacent to an activating group) is 2. The normalized spacial score (nSPS) is 28.9. The number of para-hydroxylation sites is 1. The highest BCUT2D eigenvalue weighted by atomic mass is 16.2. The Labute approximate surface area is 115 Å². The zero-order valence-corrected chi connectivity index (χ0v) is 12.2.